The minimum Gasteiger partial charge on any atom is -0.397 e. The van der Waals surface area contributed by atoms with Crippen LogP contribution in [-0.2, 0) is 4.79 Å². The van der Waals surface area contributed by atoms with Gasteiger partial charge in [-0.05, 0) is 38.5 Å². The summed E-state index contributed by atoms with van der Waals surface area (Å²) in [7, 11) is 1.64. The number of nitrogens with two attached hydrogens (primary N) is 1. The van der Waals surface area contributed by atoms with Gasteiger partial charge in [-0.1, -0.05) is 6.07 Å². The van der Waals surface area contributed by atoms with E-state index in [2.05, 4.69) is 10.6 Å². The Morgan fingerprint density at radius 3 is 2.65 bits per heavy atom. The van der Waals surface area contributed by atoms with Gasteiger partial charge in [0.2, 0.25) is 5.91 Å². The molecule has 4 N–H and O–H groups in total. The van der Waals surface area contributed by atoms with Crippen LogP contribution in [0.2, 0.25) is 0 Å². The molecule has 1 aromatic rings. The molecule has 4 nitrogen and oxygen atoms in total. The Labute approximate surface area is 103 Å². The first-order chi connectivity index (χ1) is 7.86. The molecule has 0 fully saturated rings. The first kappa shape index (κ1) is 13.4. The number of nitrogens with one attached hydrogen (secondary N) is 2. The summed E-state index contributed by atoms with van der Waals surface area (Å²) in [5, 5.41) is 5.88. The molecule has 0 saturated heterocycles. The standard InChI is InChI=1S/C13H21N3O/c1-9-5-6-10(14)11(7-9)16-8-13(2,3)12(17)15-4/h5-7,16H,8,14H2,1-4H3,(H,15,17). The van der Waals surface area contributed by atoms with Crippen molar-refractivity contribution in [1.29, 1.82) is 0 Å². The van der Waals surface area contributed by atoms with Crippen molar-refractivity contribution in [3.05, 3.63) is 23.8 Å². The van der Waals surface area contributed by atoms with Crippen LogP contribution in [0.1, 0.15) is 19.4 Å². The monoisotopic (exact) mass is 235 g/mol. The van der Waals surface area contributed by atoms with Crippen LogP contribution in [0, 0.1) is 12.3 Å². The second-order valence-corrected chi connectivity index (χ2v) is 4.91. The number of benzene rings is 1. The van der Waals surface area contributed by atoms with Crippen LogP contribution in [0.3, 0.4) is 0 Å². The van der Waals surface area contributed by atoms with E-state index in [9.17, 15) is 4.79 Å². The fourth-order valence-electron chi connectivity index (χ4n) is 1.56. The van der Waals surface area contributed by atoms with Gasteiger partial charge in [0.15, 0.2) is 0 Å². The fourth-order valence-corrected chi connectivity index (χ4v) is 1.56. The Bertz CT molecular complexity index is 413. The van der Waals surface area contributed by atoms with Gasteiger partial charge >= 0.3 is 0 Å². The minimum atomic E-state index is -0.467. The van der Waals surface area contributed by atoms with Crippen molar-refractivity contribution in [2.24, 2.45) is 5.41 Å². The molecule has 0 aromatic heterocycles. The Kier molecular flexibility index (Phi) is 3.99. The smallest absolute Gasteiger partial charge is 0.227 e. The lowest BCUT2D eigenvalue weighted by atomic mass is 9.92. The number of nitrogen functional groups attached to an aromatic ring is 1. The molecular formula is C13H21N3O. The van der Waals surface area contributed by atoms with Gasteiger partial charge in [0, 0.05) is 13.6 Å². The van der Waals surface area contributed by atoms with E-state index in [1.54, 1.807) is 7.05 Å². The number of rotatable bonds is 4. The van der Waals surface area contributed by atoms with Crippen molar-refractivity contribution in [2.45, 2.75) is 20.8 Å². The molecule has 17 heavy (non-hydrogen) atoms. The molecule has 0 aliphatic rings. The summed E-state index contributed by atoms with van der Waals surface area (Å²) in [4.78, 5) is 11.6. The number of hydrogen-bond acceptors (Lipinski definition) is 3. The molecule has 0 aliphatic carbocycles. The van der Waals surface area contributed by atoms with E-state index in [0.29, 0.717) is 12.2 Å². The van der Waals surface area contributed by atoms with E-state index < -0.39 is 5.41 Å². The normalized spacial score (nSPS) is 11.1. The SMILES string of the molecule is CNC(=O)C(C)(C)CNc1cc(C)ccc1N. The average Bonchev–Trinajstić information content (AvgIpc) is 2.29. The third-order valence-electron chi connectivity index (χ3n) is 2.77. The molecule has 0 saturated carbocycles. The number of carbonyl (C=O) groups is 1. The van der Waals surface area contributed by atoms with Crippen molar-refractivity contribution in [3.8, 4) is 0 Å². The van der Waals surface area contributed by atoms with Crippen LogP contribution in [0.5, 0.6) is 0 Å². The maximum absolute atomic E-state index is 11.6. The number of anilines is 2. The summed E-state index contributed by atoms with van der Waals surface area (Å²) >= 11 is 0. The summed E-state index contributed by atoms with van der Waals surface area (Å²) in [6.07, 6.45) is 0. The van der Waals surface area contributed by atoms with E-state index in [1.165, 1.54) is 0 Å². The molecule has 94 valence electrons. The first-order valence-corrected chi connectivity index (χ1v) is 5.69. The average molecular weight is 235 g/mol. The van der Waals surface area contributed by atoms with Crippen molar-refractivity contribution >= 4 is 17.3 Å². The molecule has 0 radical (unpaired) electrons. The van der Waals surface area contributed by atoms with E-state index in [-0.39, 0.29) is 5.91 Å². The number of amides is 1. The maximum atomic E-state index is 11.6. The van der Waals surface area contributed by atoms with Crippen LogP contribution in [-0.4, -0.2) is 19.5 Å². The maximum Gasteiger partial charge on any atom is 0.227 e. The van der Waals surface area contributed by atoms with Crippen LogP contribution in [0.15, 0.2) is 18.2 Å². The van der Waals surface area contributed by atoms with Gasteiger partial charge in [-0.3, -0.25) is 4.79 Å². The van der Waals surface area contributed by atoms with Gasteiger partial charge in [0.25, 0.3) is 0 Å². The van der Waals surface area contributed by atoms with Crippen molar-refractivity contribution in [3.63, 3.8) is 0 Å². The molecule has 0 heterocycles. The summed E-state index contributed by atoms with van der Waals surface area (Å²) in [5.74, 6) is 0.0104. The Morgan fingerprint density at radius 1 is 1.41 bits per heavy atom. The molecule has 0 aliphatic heterocycles. The fraction of sp³-hybridized carbons (Fsp3) is 0.462. The molecule has 0 atom stereocenters. The van der Waals surface area contributed by atoms with Crippen LogP contribution >= 0.6 is 0 Å². The van der Waals surface area contributed by atoms with Crippen molar-refractivity contribution < 1.29 is 4.79 Å². The highest BCUT2D eigenvalue weighted by Crippen LogP contribution is 2.22. The van der Waals surface area contributed by atoms with Gasteiger partial charge in [-0.25, -0.2) is 0 Å². The highest BCUT2D eigenvalue weighted by atomic mass is 16.2. The summed E-state index contributed by atoms with van der Waals surface area (Å²) in [6.45, 7) is 6.34. The van der Waals surface area contributed by atoms with Gasteiger partial charge in [0.05, 0.1) is 16.8 Å². The Balaban J connectivity index is 2.73. The largest absolute Gasteiger partial charge is 0.397 e. The van der Waals surface area contributed by atoms with Gasteiger partial charge < -0.3 is 16.4 Å². The lowest BCUT2D eigenvalue weighted by molar-refractivity contribution is -0.128. The minimum absolute atomic E-state index is 0.0104. The zero-order chi connectivity index (χ0) is 13.1. The highest BCUT2D eigenvalue weighted by molar-refractivity contribution is 5.82. The molecule has 1 amide bonds. The van der Waals surface area contributed by atoms with Crippen LogP contribution < -0.4 is 16.4 Å². The second kappa shape index (κ2) is 5.08. The van der Waals surface area contributed by atoms with E-state index >= 15 is 0 Å². The zero-order valence-corrected chi connectivity index (χ0v) is 10.9. The summed E-state index contributed by atoms with van der Waals surface area (Å²) in [5.41, 5.74) is 8.11. The second-order valence-electron chi connectivity index (χ2n) is 4.91. The Hall–Kier alpha value is -1.71. The number of carbonyl (C=O) groups excluding carboxylic acids is 1. The zero-order valence-electron chi connectivity index (χ0n) is 10.9. The number of hydrogen-bond donors (Lipinski definition) is 3. The molecule has 0 spiro atoms. The van der Waals surface area contributed by atoms with Crippen molar-refractivity contribution in [1.82, 2.24) is 5.32 Å². The molecule has 4 heteroatoms. The molecular weight excluding hydrogens is 214 g/mol. The predicted molar refractivity (Wildman–Crippen MR) is 71.9 cm³/mol. The van der Waals surface area contributed by atoms with Crippen LogP contribution in [0.4, 0.5) is 11.4 Å². The third kappa shape index (κ3) is 3.37. The van der Waals surface area contributed by atoms with Gasteiger partial charge in [0.1, 0.15) is 0 Å². The van der Waals surface area contributed by atoms with E-state index in [0.717, 1.165) is 11.3 Å². The summed E-state index contributed by atoms with van der Waals surface area (Å²) < 4.78 is 0. The predicted octanol–water partition coefficient (Wildman–Crippen LogP) is 1.76. The number of aryl methyl sites for hydroxylation is 1. The van der Waals surface area contributed by atoms with Crippen molar-refractivity contribution in [2.75, 3.05) is 24.6 Å². The molecule has 1 aromatic carbocycles. The first-order valence-electron chi connectivity index (χ1n) is 5.69. The van der Waals surface area contributed by atoms with Gasteiger partial charge in [-0.2, -0.15) is 0 Å². The highest BCUT2D eigenvalue weighted by Gasteiger charge is 2.26. The lowest BCUT2D eigenvalue weighted by Gasteiger charge is -2.24. The van der Waals surface area contributed by atoms with E-state index in [1.807, 2.05) is 39.0 Å². The third-order valence-corrected chi connectivity index (χ3v) is 2.77. The Morgan fingerprint density at radius 2 is 2.06 bits per heavy atom. The quantitative estimate of drug-likeness (QED) is 0.697. The molecule has 1 rings (SSSR count). The molecule has 0 bridgehead atoms. The van der Waals surface area contributed by atoms with E-state index in [4.69, 9.17) is 5.73 Å². The lowest BCUT2D eigenvalue weighted by Crippen LogP contribution is -2.39. The van der Waals surface area contributed by atoms with Crippen LogP contribution in [0.25, 0.3) is 0 Å². The summed E-state index contributed by atoms with van der Waals surface area (Å²) in [6, 6.07) is 5.81. The van der Waals surface area contributed by atoms with Gasteiger partial charge in [-0.15, -0.1) is 0 Å². The molecule has 0 unspecified atom stereocenters. The topological polar surface area (TPSA) is 67.2 Å².